The molecule has 6 nitrogen and oxygen atoms in total. The number of rotatable bonds is 7. The lowest BCUT2D eigenvalue weighted by Gasteiger charge is -2.35. The van der Waals surface area contributed by atoms with E-state index in [0.717, 1.165) is 0 Å². The molecule has 28 heavy (non-hydrogen) atoms. The molecule has 0 bridgehead atoms. The number of nitrogens with one attached hydrogen (secondary N) is 2. The number of urea groups is 1. The van der Waals surface area contributed by atoms with Crippen LogP contribution in [0.1, 0.15) is 70.9 Å². The molecule has 1 saturated heterocycles. The molecule has 0 saturated carbocycles. The van der Waals surface area contributed by atoms with E-state index < -0.39 is 21.3 Å². The first-order valence-electron chi connectivity index (χ1n) is 9.88. The molecule has 1 aliphatic heterocycles. The normalized spacial score (nSPS) is 16.2. The first-order chi connectivity index (χ1) is 13.0. The highest BCUT2D eigenvalue weighted by molar-refractivity contribution is 7.90. The van der Waals surface area contributed by atoms with E-state index in [4.69, 9.17) is 0 Å². The number of sulfonamides is 1. The zero-order valence-electron chi connectivity index (χ0n) is 17.5. The molecule has 0 aromatic heterocycles. The van der Waals surface area contributed by atoms with Gasteiger partial charge in [0.2, 0.25) is 10.0 Å². The zero-order chi connectivity index (χ0) is 21.2. The van der Waals surface area contributed by atoms with Crippen molar-refractivity contribution in [3.63, 3.8) is 0 Å². The molecule has 0 aliphatic carbocycles. The minimum absolute atomic E-state index is 0.0324. The third kappa shape index (κ3) is 4.66. The van der Waals surface area contributed by atoms with Gasteiger partial charge in [0.25, 0.3) is 0 Å². The van der Waals surface area contributed by atoms with E-state index in [2.05, 4.69) is 10.0 Å². The predicted octanol–water partition coefficient (Wildman–Crippen LogP) is 3.69. The van der Waals surface area contributed by atoms with Crippen molar-refractivity contribution in [1.82, 2.24) is 10.0 Å². The Morgan fingerprint density at radius 2 is 1.68 bits per heavy atom. The van der Waals surface area contributed by atoms with Gasteiger partial charge in [0, 0.05) is 19.1 Å². The molecule has 2 N–H and O–H groups in total. The van der Waals surface area contributed by atoms with Crippen LogP contribution in [-0.4, -0.2) is 38.8 Å². The smallest absolute Gasteiger partial charge is 0.314 e. The van der Waals surface area contributed by atoms with Crippen LogP contribution in [0.25, 0.3) is 0 Å². The van der Waals surface area contributed by atoms with Gasteiger partial charge in [-0.3, -0.25) is 4.90 Å². The van der Waals surface area contributed by atoms with Crippen LogP contribution in [0, 0.1) is 5.82 Å². The van der Waals surface area contributed by atoms with Crippen molar-refractivity contribution < 1.29 is 17.6 Å². The molecule has 1 heterocycles. The van der Waals surface area contributed by atoms with Crippen LogP contribution in [0.15, 0.2) is 12.1 Å². The van der Waals surface area contributed by atoms with E-state index in [1.807, 2.05) is 41.5 Å². The topological polar surface area (TPSA) is 78.5 Å². The van der Waals surface area contributed by atoms with Crippen LogP contribution < -0.4 is 14.9 Å². The Morgan fingerprint density at radius 1 is 1.18 bits per heavy atom. The van der Waals surface area contributed by atoms with Crippen molar-refractivity contribution in [3.8, 4) is 0 Å². The summed E-state index contributed by atoms with van der Waals surface area (Å²) in [5, 5.41) is 2.29. The van der Waals surface area contributed by atoms with Gasteiger partial charge in [0.1, 0.15) is 11.1 Å². The van der Waals surface area contributed by atoms with Gasteiger partial charge in [-0.25, -0.2) is 22.3 Å². The maximum atomic E-state index is 14.3. The number of nitrogens with zero attached hydrogens (tertiary/aromatic N) is 1. The van der Waals surface area contributed by atoms with Gasteiger partial charge in [-0.1, -0.05) is 34.6 Å². The number of amides is 2. The fraction of sp³-hybridized carbons (Fsp3) is 0.650. The van der Waals surface area contributed by atoms with Crippen LogP contribution in [0.3, 0.4) is 0 Å². The second-order valence-corrected chi connectivity index (χ2v) is 10.1. The fourth-order valence-electron chi connectivity index (χ4n) is 3.24. The maximum absolute atomic E-state index is 14.3. The second-order valence-electron chi connectivity index (χ2n) is 8.10. The van der Waals surface area contributed by atoms with E-state index in [9.17, 15) is 17.6 Å². The molecule has 8 heteroatoms. The molecular weight excluding hydrogens is 381 g/mol. The van der Waals surface area contributed by atoms with E-state index in [1.165, 1.54) is 17.0 Å². The zero-order valence-corrected chi connectivity index (χ0v) is 18.4. The number of hydrogen-bond donors (Lipinski definition) is 2. The molecule has 1 unspecified atom stereocenters. The standard InChI is InChI=1S/C20H32FN3O3S/c1-7-14(6)24(20(25)23-28(26,27)16-10-22-11-16)19-17(12(2)3)8-15(21)9-18(19)13(4)5/h8-9,12-14,16,22H,7,10-11H2,1-6H3,(H,23,25). The van der Waals surface area contributed by atoms with Gasteiger partial charge in [0.05, 0.1) is 5.69 Å². The number of carbonyl (C=O) groups is 1. The highest BCUT2D eigenvalue weighted by atomic mass is 32.2. The monoisotopic (exact) mass is 413 g/mol. The summed E-state index contributed by atoms with van der Waals surface area (Å²) in [4.78, 5) is 14.7. The predicted molar refractivity (Wildman–Crippen MR) is 111 cm³/mol. The molecule has 2 rings (SSSR count). The Kier molecular flexibility index (Phi) is 7.09. The minimum atomic E-state index is -3.77. The lowest BCUT2D eigenvalue weighted by molar-refractivity contribution is 0.248. The van der Waals surface area contributed by atoms with Crippen molar-refractivity contribution in [2.45, 2.75) is 71.1 Å². The highest BCUT2D eigenvalue weighted by Crippen LogP contribution is 2.38. The van der Waals surface area contributed by atoms with Crippen molar-refractivity contribution in [1.29, 1.82) is 0 Å². The van der Waals surface area contributed by atoms with E-state index in [-0.39, 0.29) is 23.7 Å². The van der Waals surface area contributed by atoms with Gasteiger partial charge in [-0.15, -0.1) is 0 Å². The van der Waals surface area contributed by atoms with Crippen molar-refractivity contribution in [2.75, 3.05) is 18.0 Å². The van der Waals surface area contributed by atoms with Gasteiger partial charge < -0.3 is 5.32 Å². The summed E-state index contributed by atoms with van der Waals surface area (Å²) < 4.78 is 41.5. The van der Waals surface area contributed by atoms with Gasteiger partial charge in [0.15, 0.2) is 0 Å². The number of halogens is 1. The molecule has 2 amide bonds. The molecule has 1 aromatic carbocycles. The van der Waals surface area contributed by atoms with Crippen LogP contribution in [-0.2, 0) is 10.0 Å². The fourth-order valence-corrected chi connectivity index (χ4v) is 4.42. The number of anilines is 1. The molecule has 0 spiro atoms. The van der Waals surface area contributed by atoms with Crippen molar-refractivity contribution in [3.05, 3.63) is 29.1 Å². The average molecular weight is 414 g/mol. The average Bonchev–Trinajstić information content (AvgIpc) is 2.52. The Hall–Kier alpha value is -1.67. The molecule has 1 fully saturated rings. The molecular formula is C20H32FN3O3S. The lowest BCUT2D eigenvalue weighted by atomic mass is 9.91. The summed E-state index contributed by atoms with van der Waals surface area (Å²) in [6.45, 7) is 12.2. The Bertz CT molecular complexity index is 791. The van der Waals surface area contributed by atoms with E-state index in [1.54, 1.807) is 0 Å². The number of carbonyl (C=O) groups excluding carboxylic acids is 1. The SMILES string of the molecule is CCC(C)N(C(=O)NS(=O)(=O)C1CNC1)c1c(C(C)C)cc(F)cc1C(C)C. The quantitative estimate of drug-likeness (QED) is 0.715. The molecule has 1 aromatic rings. The Morgan fingerprint density at radius 3 is 2.04 bits per heavy atom. The summed E-state index contributed by atoms with van der Waals surface area (Å²) in [6.07, 6.45) is 0.630. The number of hydrogen-bond acceptors (Lipinski definition) is 4. The molecule has 158 valence electrons. The molecule has 0 radical (unpaired) electrons. The lowest BCUT2D eigenvalue weighted by Crippen LogP contribution is -2.58. The highest BCUT2D eigenvalue weighted by Gasteiger charge is 2.36. The van der Waals surface area contributed by atoms with Crippen LogP contribution >= 0.6 is 0 Å². The maximum Gasteiger partial charge on any atom is 0.335 e. The van der Waals surface area contributed by atoms with Crippen LogP contribution in [0.5, 0.6) is 0 Å². The second kappa shape index (κ2) is 8.78. The third-order valence-electron chi connectivity index (χ3n) is 5.28. The van der Waals surface area contributed by atoms with E-state index >= 15 is 0 Å². The van der Waals surface area contributed by atoms with Crippen molar-refractivity contribution >= 4 is 21.7 Å². The Labute approximate surface area is 167 Å². The summed E-state index contributed by atoms with van der Waals surface area (Å²) in [7, 11) is -3.77. The van der Waals surface area contributed by atoms with Crippen LogP contribution in [0.4, 0.5) is 14.9 Å². The largest absolute Gasteiger partial charge is 0.335 e. The van der Waals surface area contributed by atoms with Crippen LogP contribution in [0.2, 0.25) is 0 Å². The van der Waals surface area contributed by atoms with Gasteiger partial charge >= 0.3 is 6.03 Å². The van der Waals surface area contributed by atoms with Gasteiger partial charge in [-0.2, -0.15) is 0 Å². The Balaban J connectivity index is 2.58. The van der Waals surface area contributed by atoms with E-state index in [0.29, 0.717) is 36.3 Å². The molecule has 1 atom stereocenters. The molecule has 1 aliphatic rings. The summed E-state index contributed by atoms with van der Waals surface area (Å²) in [6, 6.07) is 1.95. The first-order valence-corrected chi connectivity index (χ1v) is 11.4. The minimum Gasteiger partial charge on any atom is -0.314 e. The third-order valence-corrected chi connectivity index (χ3v) is 6.95. The summed E-state index contributed by atoms with van der Waals surface area (Å²) >= 11 is 0. The first kappa shape index (κ1) is 22.6. The summed E-state index contributed by atoms with van der Waals surface area (Å²) in [5.41, 5.74) is 2.00. The summed E-state index contributed by atoms with van der Waals surface area (Å²) in [5.74, 6) is -0.418. The van der Waals surface area contributed by atoms with Crippen molar-refractivity contribution in [2.24, 2.45) is 0 Å². The van der Waals surface area contributed by atoms with Gasteiger partial charge in [-0.05, 0) is 48.4 Å². The number of benzene rings is 1.